The SMILES string of the molecule is CCC(=O)OC[C@H](COP(=O)(O)OCCNC(=O)CCC(=O)NCCOCCOCCC(=O)NCCCC[C@@H]1NC(=O)[C@@H](Cc2ccccc2)NC(=O)C(=CC(=O)O)NC(=O)CNC(=O)C(=CCCN=C(N)N)NC1=O)OC(=O)CC. The molecule has 1 heterocycles. The molecule has 1 saturated heterocycles. The summed E-state index contributed by atoms with van der Waals surface area (Å²) in [6.45, 7) is 1.41. The number of phosphoric acid groups is 1. The van der Waals surface area contributed by atoms with Gasteiger partial charge in [0.05, 0.1) is 52.3 Å². The highest BCUT2D eigenvalue weighted by Crippen LogP contribution is 2.43. The number of amides is 8. The lowest BCUT2D eigenvalue weighted by Crippen LogP contribution is -2.55. The maximum absolute atomic E-state index is 14.0. The topological polar surface area (TPSA) is 461 Å². The second-order valence-corrected chi connectivity index (χ2v) is 18.7. The minimum absolute atomic E-state index is 0.00304. The number of hydrogen-bond donors (Lipinski definition) is 12. The summed E-state index contributed by atoms with van der Waals surface area (Å²) in [6, 6.07) is 5.71. The number of unbranched alkanes of at least 4 members (excludes halogenated alkanes) is 1. The molecule has 1 aromatic rings. The van der Waals surface area contributed by atoms with Gasteiger partial charge in [-0.05, 0) is 31.2 Å². The van der Waals surface area contributed by atoms with Crippen molar-refractivity contribution >= 4 is 78.9 Å². The third-order valence-electron chi connectivity index (χ3n) is 10.7. The zero-order chi connectivity index (χ0) is 60.0. The van der Waals surface area contributed by atoms with Crippen LogP contribution in [0.25, 0.3) is 0 Å². The number of carboxylic acid groups (broad SMARTS) is 1. The number of nitrogens with one attached hydrogen (secondary N) is 8. The van der Waals surface area contributed by atoms with Crippen LogP contribution in [0.2, 0.25) is 0 Å². The molecule has 1 aliphatic heterocycles. The van der Waals surface area contributed by atoms with Crippen molar-refractivity contribution in [2.24, 2.45) is 16.5 Å². The number of phosphoric ester groups is 1. The molecule has 14 N–H and O–H groups in total. The fourth-order valence-corrected chi connectivity index (χ4v) is 7.32. The van der Waals surface area contributed by atoms with Crippen molar-refractivity contribution in [1.82, 2.24) is 42.5 Å². The smallest absolute Gasteiger partial charge is 0.472 e. The van der Waals surface area contributed by atoms with Gasteiger partial charge in [-0.1, -0.05) is 50.3 Å². The molecule has 450 valence electrons. The minimum atomic E-state index is -4.65. The number of benzene rings is 1. The van der Waals surface area contributed by atoms with Crippen LogP contribution in [-0.2, 0) is 91.7 Å². The van der Waals surface area contributed by atoms with Gasteiger partial charge in [0, 0.05) is 64.7 Å². The Morgan fingerprint density at radius 2 is 1.38 bits per heavy atom. The number of guanidine groups is 1. The predicted molar refractivity (Wildman–Crippen MR) is 284 cm³/mol. The van der Waals surface area contributed by atoms with Gasteiger partial charge in [0.25, 0.3) is 11.8 Å². The summed E-state index contributed by atoms with van der Waals surface area (Å²) < 4.78 is 42.7. The predicted octanol–water partition coefficient (Wildman–Crippen LogP) is -2.79. The van der Waals surface area contributed by atoms with Gasteiger partial charge < -0.3 is 82.9 Å². The maximum atomic E-state index is 14.0. The largest absolute Gasteiger partial charge is 0.478 e. The van der Waals surface area contributed by atoms with Crippen LogP contribution in [0.15, 0.2) is 58.9 Å². The van der Waals surface area contributed by atoms with Crippen molar-refractivity contribution in [2.45, 2.75) is 96.2 Å². The summed E-state index contributed by atoms with van der Waals surface area (Å²) >= 11 is 0. The van der Waals surface area contributed by atoms with Crippen LogP contribution >= 0.6 is 7.82 Å². The Balaban J connectivity index is 1.79. The van der Waals surface area contributed by atoms with Gasteiger partial charge in [-0.2, -0.15) is 0 Å². The number of nitrogens with zero attached hydrogens (tertiary/aromatic N) is 1. The highest BCUT2D eigenvalue weighted by Gasteiger charge is 2.31. The number of carbonyl (C=O) groups is 11. The van der Waals surface area contributed by atoms with Gasteiger partial charge in [-0.15, -0.1) is 0 Å². The van der Waals surface area contributed by atoms with E-state index in [1.54, 1.807) is 37.3 Å². The average Bonchev–Trinajstić information content (AvgIpc) is 3.44. The number of rotatable bonds is 35. The molecule has 0 radical (unpaired) electrons. The van der Waals surface area contributed by atoms with Crippen molar-refractivity contribution in [1.29, 1.82) is 0 Å². The van der Waals surface area contributed by atoms with E-state index in [4.69, 9.17) is 39.5 Å². The first-order valence-electron chi connectivity index (χ1n) is 25.8. The number of carboxylic acids is 1. The van der Waals surface area contributed by atoms with Crippen molar-refractivity contribution in [2.75, 3.05) is 79.0 Å². The van der Waals surface area contributed by atoms with Gasteiger partial charge in [0.1, 0.15) is 30.1 Å². The van der Waals surface area contributed by atoms with Crippen molar-refractivity contribution in [3.05, 3.63) is 59.4 Å². The van der Waals surface area contributed by atoms with Crippen molar-refractivity contribution in [3.63, 3.8) is 0 Å². The zero-order valence-corrected chi connectivity index (χ0v) is 46.0. The molecule has 0 aromatic heterocycles. The molecule has 0 saturated carbocycles. The molecule has 1 aliphatic rings. The van der Waals surface area contributed by atoms with E-state index >= 15 is 0 Å². The molecular weight excluding hydrogens is 1090 g/mol. The molecule has 8 amide bonds. The normalized spacial score (nSPS) is 17.2. The summed E-state index contributed by atoms with van der Waals surface area (Å²) in [5.41, 5.74) is 10.3. The fourth-order valence-electron chi connectivity index (χ4n) is 6.57. The van der Waals surface area contributed by atoms with Crippen LogP contribution in [0.1, 0.15) is 77.2 Å². The van der Waals surface area contributed by atoms with E-state index in [1.807, 2.05) is 0 Å². The average molecular weight is 1170 g/mol. The van der Waals surface area contributed by atoms with Crippen LogP contribution in [0.5, 0.6) is 0 Å². The van der Waals surface area contributed by atoms with E-state index in [9.17, 15) is 67.3 Å². The molecule has 1 fully saturated rings. The lowest BCUT2D eigenvalue weighted by atomic mass is 10.0. The second-order valence-electron chi connectivity index (χ2n) is 17.2. The van der Waals surface area contributed by atoms with Gasteiger partial charge in [0.2, 0.25) is 35.4 Å². The molecule has 4 atom stereocenters. The summed E-state index contributed by atoms with van der Waals surface area (Å²) in [5, 5.41) is 29.2. The van der Waals surface area contributed by atoms with Crippen molar-refractivity contribution in [3.8, 4) is 0 Å². The Hall–Kier alpha value is -7.83. The molecule has 1 unspecified atom stereocenters. The Labute approximate surface area is 466 Å². The Bertz CT molecular complexity index is 2420. The molecule has 32 heteroatoms. The van der Waals surface area contributed by atoms with Gasteiger partial charge >= 0.3 is 25.7 Å². The fraction of sp³-hybridized carbons (Fsp3) is 0.551. The van der Waals surface area contributed by atoms with Crippen LogP contribution in [-0.4, -0.2) is 178 Å². The van der Waals surface area contributed by atoms with Crippen LogP contribution in [0.3, 0.4) is 0 Å². The number of nitrogens with two attached hydrogens (primary N) is 2. The van der Waals surface area contributed by atoms with E-state index < -0.39 is 117 Å². The Morgan fingerprint density at radius 1 is 0.741 bits per heavy atom. The zero-order valence-electron chi connectivity index (χ0n) is 45.1. The first-order chi connectivity index (χ1) is 38.6. The van der Waals surface area contributed by atoms with Gasteiger partial charge in [-0.3, -0.25) is 62.0 Å². The van der Waals surface area contributed by atoms with Crippen molar-refractivity contribution < 1.29 is 95.3 Å². The summed E-state index contributed by atoms with van der Waals surface area (Å²) in [4.78, 5) is 153. The lowest BCUT2D eigenvalue weighted by Gasteiger charge is -2.24. The third kappa shape index (κ3) is 32.7. The number of carbonyl (C=O) groups excluding carboxylic acids is 10. The van der Waals surface area contributed by atoms with Crippen LogP contribution in [0, 0.1) is 0 Å². The van der Waals surface area contributed by atoms with E-state index in [0.29, 0.717) is 18.1 Å². The molecule has 81 heavy (non-hydrogen) atoms. The molecule has 0 spiro atoms. The summed E-state index contributed by atoms with van der Waals surface area (Å²) in [5.74, 6) is -9.19. The van der Waals surface area contributed by atoms with Gasteiger partial charge in [0.15, 0.2) is 12.1 Å². The Morgan fingerprint density at radius 3 is 2.04 bits per heavy atom. The van der Waals surface area contributed by atoms with E-state index in [-0.39, 0.29) is 128 Å². The minimum Gasteiger partial charge on any atom is -0.478 e. The quantitative estimate of drug-likeness (QED) is 0.00816. The molecular formula is C49H74N11O20P. The highest BCUT2D eigenvalue weighted by molar-refractivity contribution is 7.47. The number of hydrogen-bond acceptors (Lipinski definition) is 19. The molecule has 0 bridgehead atoms. The Kier molecular flexibility index (Phi) is 33.8. The maximum Gasteiger partial charge on any atom is 0.472 e. The lowest BCUT2D eigenvalue weighted by molar-refractivity contribution is -0.160. The summed E-state index contributed by atoms with van der Waals surface area (Å²) in [7, 11) is -4.65. The number of aliphatic carboxylic acids is 1. The standard InChI is InChI=1S/C49H74N11O20P/c1-3-43(67)77-30-33(80-44(68)4-2)31-79-81(73,74)78-24-21-54-39(62)16-15-38(61)53-20-23-76-26-25-75-22-17-40(63)52-18-9-8-13-35-46(70)58-34(14-10-19-55-49(50)51)45(69)56-29-41(64)57-37(28-42(65)66)48(72)60-36(47(71)59-35)27-32-11-6-5-7-12-32/h5-7,11-12,14,28,33,35-36H,3-4,8-10,13,15-27,29-31H2,1-2H3,(H,52,63)(H,53,61)(H,54,62)(H,56,69)(H,57,64)(H,58,70)(H,59,71)(H,60,72)(H,65,66)(H,73,74)(H4,50,51,55)/t33-,35+,36-/m1/s1. The first-order valence-corrected chi connectivity index (χ1v) is 27.3. The monoisotopic (exact) mass is 1170 g/mol. The second kappa shape index (κ2) is 39.5. The number of ether oxygens (including phenoxy) is 4. The third-order valence-corrected chi connectivity index (χ3v) is 11.6. The molecule has 0 aliphatic carbocycles. The molecule has 1 aromatic carbocycles. The number of aliphatic imine (C=N–C) groups is 1. The van der Waals surface area contributed by atoms with Crippen LogP contribution in [0.4, 0.5) is 0 Å². The summed E-state index contributed by atoms with van der Waals surface area (Å²) in [6.07, 6.45) is 0.700. The molecule has 31 nitrogen and oxygen atoms in total. The van der Waals surface area contributed by atoms with Gasteiger partial charge in [-0.25, -0.2) is 9.36 Å². The molecule has 2 rings (SSSR count). The highest BCUT2D eigenvalue weighted by atomic mass is 31.2. The van der Waals surface area contributed by atoms with E-state index in [1.165, 1.54) is 13.0 Å². The van der Waals surface area contributed by atoms with E-state index in [2.05, 4.69) is 47.5 Å². The first kappa shape index (κ1) is 69.3. The number of esters is 2. The van der Waals surface area contributed by atoms with E-state index in [0.717, 1.165) is 0 Å². The van der Waals surface area contributed by atoms with Crippen LogP contribution < -0.4 is 54.0 Å².